The third-order valence-corrected chi connectivity index (χ3v) is 8.04. The molecular weight excluding hydrogens is 751 g/mol. The molecule has 1 rings (SSSR count). The van der Waals surface area contributed by atoms with Gasteiger partial charge in [0.05, 0.1) is 20.5 Å². The summed E-state index contributed by atoms with van der Waals surface area (Å²) in [4.78, 5) is 17.6. The fourth-order valence-corrected chi connectivity index (χ4v) is 4.69. The highest BCUT2D eigenvalue weighted by Gasteiger charge is 2.88. The summed E-state index contributed by atoms with van der Waals surface area (Å²) in [6.07, 6.45) is -13.0. The van der Waals surface area contributed by atoms with Gasteiger partial charge in [-0.15, -0.1) is 11.8 Å². The van der Waals surface area contributed by atoms with Crippen LogP contribution in [0.25, 0.3) is 0 Å². The van der Waals surface area contributed by atoms with Gasteiger partial charge in [0.15, 0.2) is 6.61 Å². The van der Waals surface area contributed by atoms with Crippen LogP contribution in [-0.4, -0.2) is 85.1 Å². The van der Waals surface area contributed by atoms with E-state index in [1.165, 1.54) is 0 Å². The maximum atomic E-state index is 13.8. The van der Waals surface area contributed by atoms with Gasteiger partial charge in [-0.25, -0.2) is 17.2 Å². The molecule has 0 fully saturated rings. The Bertz CT molecular complexity index is 1430. The summed E-state index contributed by atoms with van der Waals surface area (Å²) in [5.41, 5.74) is -1.79. The lowest BCUT2D eigenvalue weighted by molar-refractivity contribution is -0.414. The Labute approximate surface area is 244 Å². The quantitative estimate of drug-likeness (QED) is 0.0649. The number of ether oxygens (including phenoxy) is 1. The van der Waals surface area contributed by atoms with Crippen molar-refractivity contribution >= 4 is 33.3 Å². The predicted octanol–water partition coefficient (Wildman–Crippen LogP) is 7.24. The minimum Gasteiger partial charge on any atom is -0.458 e. The molecule has 1 aromatic carbocycles. The molecule has 0 radical (unpaired) electrons. The minimum atomic E-state index is -7.96. The van der Waals surface area contributed by atoms with E-state index in [4.69, 9.17) is 0 Å². The van der Waals surface area contributed by atoms with Crippen molar-refractivity contribution in [3.8, 4) is 0 Å². The van der Waals surface area contributed by atoms with Gasteiger partial charge in [-0.3, -0.25) is 14.9 Å². The van der Waals surface area contributed by atoms with Crippen LogP contribution in [0.5, 0.6) is 0 Å². The minimum absolute atomic E-state index is 0.0145. The van der Waals surface area contributed by atoms with Gasteiger partial charge in [0.1, 0.15) is 0 Å². The Hall–Kier alpha value is -2.94. The molecule has 0 N–H and O–H groups in total. The zero-order chi connectivity index (χ0) is 36.9. The fourth-order valence-electron chi connectivity index (χ4n) is 2.62. The van der Waals surface area contributed by atoms with Crippen LogP contribution in [0.4, 0.5) is 89.1 Å². The number of rotatable bonds is 14. The Morgan fingerprint density at radius 1 is 0.804 bits per heavy atom. The van der Waals surface area contributed by atoms with Crippen molar-refractivity contribution < 1.29 is 106 Å². The van der Waals surface area contributed by atoms with Crippen LogP contribution in [-0.2, 0) is 19.4 Å². The Kier molecular flexibility index (Phi) is 10.9. The van der Waals surface area contributed by atoms with E-state index >= 15 is 0 Å². The third kappa shape index (κ3) is 6.58. The molecular formula is C18H8F19NO6S2. The fraction of sp³-hybridized carbons (Fsp3) is 0.611. The van der Waals surface area contributed by atoms with Crippen molar-refractivity contribution in [1.82, 2.24) is 0 Å². The van der Waals surface area contributed by atoms with Gasteiger partial charge < -0.3 is 4.74 Å². The van der Waals surface area contributed by atoms with Gasteiger partial charge in [-0.2, -0.15) is 74.6 Å². The average Bonchev–Trinajstić information content (AvgIpc) is 2.88. The van der Waals surface area contributed by atoms with Crippen molar-refractivity contribution in [2.75, 3.05) is 12.4 Å². The van der Waals surface area contributed by atoms with E-state index in [1.54, 1.807) is 0 Å². The number of nitrogens with zero attached hydrogens (tertiary/aromatic N) is 1. The summed E-state index contributed by atoms with van der Waals surface area (Å²) in [6.45, 7) is -3.38. The maximum absolute atomic E-state index is 13.8. The second kappa shape index (κ2) is 12.3. The summed E-state index contributed by atoms with van der Waals surface area (Å²) in [7, 11) is -7.13. The van der Waals surface area contributed by atoms with Crippen LogP contribution in [0.3, 0.4) is 0 Å². The van der Waals surface area contributed by atoms with Gasteiger partial charge in [-0.1, -0.05) is 0 Å². The van der Waals surface area contributed by atoms with Gasteiger partial charge in [0, 0.05) is 6.07 Å². The number of sulfone groups is 1. The lowest BCUT2D eigenvalue weighted by atomic mass is 9.94. The predicted molar refractivity (Wildman–Crippen MR) is 109 cm³/mol. The highest BCUT2D eigenvalue weighted by Crippen LogP contribution is 2.58. The monoisotopic (exact) mass is 759 g/mol. The van der Waals surface area contributed by atoms with Crippen molar-refractivity contribution in [2.24, 2.45) is 0 Å². The number of carbonyl (C=O) groups is 1. The smallest absolute Gasteiger partial charge is 0.458 e. The lowest BCUT2D eigenvalue weighted by Gasteiger charge is -2.38. The Morgan fingerprint density at radius 3 is 1.70 bits per heavy atom. The molecule has 0 aliphatic rings. The Balaban J connectivity index is 3.25. The first-order valence-electron chi connectivity index (χ1n) is 10.4. The molecule has 0 unspecified atom stereocenters. The van der Waals surface area contributed by atoms with E-state index in [2.05, 4.69) is 4.74 Å². The molecule has 266 valence electrons. The standard InChI is InChI=1S/C18H8F19NO6S2/c19-10(20)12(23,24)14(27,28)15(29,30)13(25,26)11(21,22)5-44-9(39)4-45-8-2-1-6(3-7(8)38(40)41)46(42,43)18(36,37)16(31,32)17(33,34)35/h1-3,10H,4-5H2. The van der Waals surface area contributed by atoms with Crippen molar-refractivity contribution in [3.05, 3.63) is 28.3 Å². The molecule has 0 aliphatic carbocycles. The van der Waals surface area contributed by atoms with Gasteiger partial charge in [0.25, 0.3) is 15.5 Å². The summed E-state index contributed by atoms with van der Waals surface area (Å²) in [6, 6.07) is -0.822. The van der Waals surface area contributed by atoms with Crippen LogP contribution in [0.2, 0.25) is 0 Å². The van der Waals surface area contributed by atoms with Gasteiger partial charge in [0.2, 0.25) is 0 Å². The van der Waals surface area contributed by atoms with Crippen LogP contribution >= 0.6 is 11.8 Å². The number of hydrogen-bond acceptors (Lipinski definition) is 7. The molecule has 28 heteroatoms. The normalized spacial score (nSPS) is 14.9. The number of thioether (sulfide) groups is 1. The van der Waals surface area contributed by atoms with E-state index in [-0.39, 0.29) is 12.1 Å². The largest absolute Gasteiger partial charge is 0.461 e. The number of benzene rings is 1. The highest BCUT2D eigenvalue weighted by molar-refractivity contribution is 8.00. The molecule has 0 saturated carbocycles. The molecule has 1 aromatic rings. The summed E-state index contributed by atoms with van der Waals surface area (Å²) in [5.74, 6) is -48.8. The summed E-state index contributed by atoms with van der Waals surface area (Å²) < 4.78 is 276. The zero-order valence-corrected chi connectivity index (χ0v) is 22.3. The summed E-state index contributed by atoms with van der Waals surface area (Å²) >= 11 is -0.415. The number of halogens is 19. The SMILES string of the molecule is O=C(CSc1ccc(S(=O)(=O)C(F)(F)C(F)(F)C(F)(F)F)cc1[N+](=O)[O-])OCC(F)(F)C(F)(F)C(F)(F)C(F)(F)C(F)(F)C(F)F. The third-order valence-electron chi connectivity index (χ3n) is 5.20. The zero-order valence-electron chi connectivity index (χ0n) is 20.6. The van der Waals surface area contributed by atoms with E-state index < -0.39 is 120 Å². The molecule has 0 heterocycles. The van der Waals surface area contributed by atoms with Crippen molar-refractivity contribution in [2.45, 2.75) is 63.2 Å². The second-order valence-corrected chi connectivity index (χ2v) is 11.3. The number of nitro groups is 1. The molecule has 46 heavy (non-hydrogen) atoms. The molecule has 7 nitrogen and oxygen atoms in total. The molecule has 0 saturated heterocycles. The maximum Gasteiger partial charge on any atom is 0.461 e. The molecule has 0 bridgehead atoms. The lowest BCUT2D eigenvalue weighted by Crippen LogP contribution is -2.69. The van der Waals surface area contributed by atoms with Gasteiger partial charge in [-0.05, 0) is 12.1 Å². The van der Waals surface area contributed by atoms with Crippen LogP contribution in [0.15, 0.2) is 28.0 Å². The van der Waals surface area contributed by atoms with Crippen molar-refractivity contribution in [3.63, 3.8) is 0 Å². The number of hydrogen-bond donors (Lipinski definition) is 0. The van der Waals surface area contributed by atoms with Crippen LogP contribution in [0, 0.1) is 10.1 Å². The van der Waals surface area contributed by atoms with Gasteiger partial charge >= 0.3 is 59.4 Å². The van der Waals surface area contributed by atoms with Crippen LogP contribution < -0.4 is 0 Å². The average molecular weight is 759 g/mol. The molecule has 0 spiro atoms. The van der Waals surface area contributed by atoms with E-state index in [0.717, 1.165) is 0 Å². The summed E-state index contributed by atoms with van der Waals surface area (Å²) in [5, 5.41) is 4.17. The molecule has 0 amide bonds. The number of carbonyl (C=O) groups excluding carboxylic acids is 1. The number of alkyl halides is 19. The first-order chi connectivity index (χ1) is 20.1. The first kappa shape index (κ1) is 41.1. The first-order valence-corrected chi connectivity index (χ1v) is 12.9. The molecule has 0 atom stereocenters. The second-order valence-electron chi connectivity index (χ2n) is 8.28. The van der Waals surface area contributed by atoms with Crippen LogP contribution in [0.1, 0.15) is 0 Å². The highest BCUT2D eigenvalue weighted by atomic mass is 32.2. The van der Waals surface area contributed by atoms with E-state index in [9.17, 15) is 107 Å². The topological polar surface area (TPSA) is 104 Å². The molecule has 0 aromatic heterocycles. The Morgan fingerprint density at radius 2 is 1.28 bits per heavy atom. The van der Waals surface area contributed by atoms with E-state index in [0.29, 0.717) is 0 Å². The van der Waals surface area contributed by atoms with E-state index in [1.807, 2.05) is 0 Å². The number of esters is 1. The molecule has 0 aliphatic heterocycles. The van der Waals surface area contributed by atoms with Crippen molar-refractivity contribution in [1.29, 1.82) is 0 Å². The number of nitro benzene ring substituents is 1.